The zero-order valence-corrected chi connectivity index (χ0v) is 18.7. The molecule has 164 valence electrons. The van der Waals surface area contributed by atoms with Gasteiger partial charge in [-0.1, -0.05) is 32.0 Å². The van der Waals surface area contributed by atoms with Gasteiger partial charge in [0, 0.05) is 25.8 Å². The molecule has 2 aromatic carbocycles. The number of carbonyl (C=O) groups excluding carboxylic acids is 1. The second-order valence-corrected chi connectivity index (χ2v) is 8.73. The van der Waals surface area contributed by atoms with E-state index >= 15 is 0 Å². The van der Waals surface area contributed by atoms with Crippen LogP contribution in [0.5, 0.6) is 0 Å². The number of sulfonamides is 1. The SMILES string of the molecule is CCNc1ccc(S(=O)(=O)N(CC)CC)cc1NC(=O)c1cnn(-c2ccccc2)c1. The highest BCUT2D eigenvalue weighted by Crippen LogP contribution is 2.28. The van der Waals surface area contributed by atoms with Gasteiger partial charge in [0.2, 0.25) is 10.0 Å². The molecule has 0 fully saturated rings. The lowest BCUT2D eigenvalue weighted by molar-refractivity contribution is 0.102. The zero-order valence-electron chi connectivity index (χ0n) is 17.9. The molecule has 3 aromatic rings. The van der Waals surface area contributed by atoms with Gasteiger partial charge in [-0.3, -0.25) is 4.79 Å². The van der Waals surface area contributed by atoms with Gasteiger partial charge in [-0.05, 0) is 37.3 Å². The Morgan fingerprint density at radius 2 is 1.74 bits per heavy atom. The zero-order chi connectivity index (χ0) is 22.4. The number of rotatable bonds is 9. The number of nitrogens with zero attached hydrogens (tertiary/aromatic N) is 3. The van der Waals surface area contributed by atoms with Crippen molar-refractivity contribution in [1.82, 2.24) is 14.1 Å². The molecular weight excluding hydrogens is 414 g/mol. The number of hydrogen-bond donors (Lipinski definition) is 2. The van der Waals surface area contributed by atoms with Crippen LogP contribution in [-0.4, -0.2) is 48.0 Å². The molecule has 1 heterocycles. The van der Waals surface area contributed by atoms with Crippen molar-refractivity contribution in [3.8, 4) is 5.69 Å². The summed E-state index contributed by atoms with van der Waals surface area (Å²) in [7, 11) is -3.65. The number of carbonyl (C=O) groups is 1. The molecule has 0 aliphatic carbocycles. The van der Waals surface area contributed by atoms with Crippen molar-refractivity contribution < 1.29 is 13.2 Å². The monoisotopic (exact) mass is 441 g/mol. The molecule has 8 nitrogen and oxygen atoms in total. The fourth-order valence-corrected chi connectivity index (χ4v) is 4.69. The average Bonchev–Trinajstić information content (AvgIpc) is 3.27. The average molecular weight is 442 g/mol. The van der Waals surface area contributed by atoms with Crippen LogP contribution < -0.4 is 10.6 Å². The lowest BCUT2D eigenvalue weighted by Crippen LogP contribution is -2.30. The Morgan fingerprint density at radius 3 is 2.39 bits per heavy atom. The third-order valence-corrected chi connectivity index (χ3v) is 6.86. The highest BCUT2D eigenvalue weighted by atomic mass is 32.2. The third kappa shape index (κ3) is 4.95. The number of benzene rings is 2. The maximum absolute atomic E-state index is 12.9. The minimum absolute atomic E-state index is 0.133. The summed E-state index contributed by atoms with van der Waals surface area (Å²) in [5.41, 5.74) is 2.24. The number of hydrogen-bond acceptors (Lipinski definition) is 5. The number of anilines is 2. The van der Waals surface area contributed by atoms with Crippen LogP contribution in [0.2, 0.25) is 0 Å². The van der Waals surface area contributed by atoms with Gasteiger partial charge in [0.1, 0.15) is 0 Å². The number of aromatic nitrogens is 2. The van der Waals surface area contributed by atoms with Gasteiger partial charge < -0.3 is 10.6 Å². The van der Waals surface area contributed by atoms with Crippen molar-refractivity contribution in [2.24, 2.45) is 0 Å². The van der Waals surface area contributed by atoms with Gasteiger partial charge in [0.15, 0.2) is 0 Å². The first-order valence-corrected chi connectivity index (χ1v) is 11.6. The van der Waals surface area contributed by atoms with E-state index in [1.807, 2.05) is 37.3 Å². The summed E-state index contributed by atoms with van der Waals surface area (Å²) in [5, 5.41) is 10.2. The molecule has 9 heteroatoms. The smallest absolute Gasteiger partial charge is 0.258 e. The first kappa shape index (κ1) is 22.5. The van der Waals surface area contributed by atoms with Crippen LogP contribution in [0.1, 0.15) is 31.1 Å². The molecular formula is C22H27N5O3S. The summed E-state index contributed by atoms with van der Waals surface area (Å²) in [6.45, 7) is 6.87. The molecule has 1 amide bonds. The molecule has 0 aliphatic rings. The van der Waals surface area contributed by atoms with Crippen molar-refractivity contribution in [2.75, 3.05) is 30.3 Å². The van der Waals surface area contributed by atoms with Gasteiger partial charge in [-0.15, -0.1) is 0 Å². The van der Waals surface area contributed by atoms with Crippen molar-refractivity contribution >= 4 is 27.3 Å². The molecule has 3 rings (SSSR count). The summed E-state index contributed by atoms with van der Waals surface area (Å²) < 4.78 is 28.8. The topological polar surface area (TPSA) is 96.3 Å². The van der Waals surface area contributed by atoms with E-state index in [1.165, 1.54) is 16.6 Å². The number of amides is 1. The largest absolute Gasteiger partial charge is 0.384 e. The lowest BCUT2D eigenvalue weighted by Gasteiger charge is -2.20. The van der Waals surface area contributed by atoms with E-state index in [1.54, 1.807) is 36.9 Å². The predicted octanol–water partition coefficient (Wildman–Crippen LogP) is 3.59. The highest BCUT2D eigenvalue weighted by molar-refractivity contribution is 7.89. The van der Waals surface area contributed by atoms with Crippen LogP contribution in [-0.2, 0) is 10.0 Å². The second-order valence-electron chi connectivity index (χ2n) is 6.79. The molecule has 0 aliphatic heterocycles. The predicted molar refractivity (Wildman–Crippen MR) is 122 cm³/mol. The van der Waals surface area contributed by atoms with Crippen molar-refractivity contribution in [3.05, 3.63) is 66.5 Å². The molecule has 0 saturated carbocycles. The first-order chi connectivity index (χ1) is 14.9. The number of para-hydroxylation sites is 1. The fourth-order valence-electron chi connectivity index (χ4n) is 3.20. The quantitative estimate of drug-likeness (QED) is 0.529. The summed E-state index contributed by atoms with van der Waals surface area (Å²) in [6, 6.07) is 14.2. The van der Waals surface area contributed by atoms with Gasteiger partial charge in [0.05, 0.1) is 33.7 Å². The number of nitrogens with one attached hydrogen (secondary N) is 2. The molecule has 0 unspecified atom stereocenters. The van der Waals surface area contributed by atoms with E-state index in [0.717, 1.165) is 5.69 Å². The summed E-state index contributed by atoms with van der Waals surface area (Å²) in [5.74, 6) is -0.376. The molecule has 0 atom stereocenters. The van der Waals surface area contributed by atoms with Crippen LogP contribution in [0.3, 0.4) is 0 Å². The highest BCUT2D eigenvalue weighted by Gasteiger charge is 2.23. The van der Waals surface area contributed by atoms with Crippen molar-refractivity contribution in [3.63, 3.8) is 0 Å². The van der Waals surface area contributed by atoms with Gasteiger partial charge in [0.25, 0.3) is 5.91 Å². The second kappa shape index (κ2) is 9.76. The van der Waals surface area contributed by atoms with Crippen LogP contribution in [0.15, 0.2) is 65.8 Å². The molecule has 31 heavy (non-hydrogen) atoms. The van der Waals surface area contributed by atoms with Crippen LogP contribution in [0, 0.1) is 0 Å². The molecule has 0 bridgehead atoms. The van der Waals surface area contributed by atoms with Gasteiger partial charge in [-0.2, -0.15) is 9.40 Å². The standard InChI is InChI=1S/C22H27N5O3S/c1-4-23-20-13-12-19(31(29,30)26(5-2)6-3)14-21(20)25-22(28)17-15-24-27(16-17)18-10-8-7-9-11-18/h7-16,23H,4-6H2,1-3H3,(H,25,28). The maximum atomic E-state index is 12.9. The van der Waals surface area contributed by atoms with Crippen molar-refractivity contribution in [1.29, 1.82) is 0 Å². The van der Waals surface area contributed by atoms with Crippen LogP contribution in [0.25, 0.3) is 5.69 Å². The molecule has 1 aromatic heterocycles. The van der Waals surface area contributed by atoms with Crippen LogP contribution in [0.4, 0.5) is 11.4 Å². The molecule has 0 spiro atoms. The molecule has 0 saturated heterocycles. The summed E-state index contributed by atoms with van der Waals surface area (Å²) >= 11 is 0. The van der Waals surface area contributed by atoms with Crippen LogP contribution >= 0.6 is 0 Å². The van der Waals surface area contributed by atoms with E-state index < -0.39 is 10.0 Å². The van der Waals surface area contributed by atoms with E-state index in [2.05, 4.69) is 15.7 Å². The normalized spacial score (nSPS) is 11.5. The summed E-state index contributed by atoms with van der Waals surface area (Å²) in [6.07, 6.45) is 3.11. The molecule has 0 radical (unpaired) electrons. The molecule has 2 N–H and O–H groups in total. The Hall–Kier alpha value is -3.17. The van der Waals surface area contributed by atoms with E-state index in [4.69, 9.17) is 0 Å². The van der Waals surface area contributed by atoms with E-state index in [0.29, 0.717) is 36.6 Å². The maximum Gasteiger partial charge on any atom is 0.258 e. The third-order valence-electron chi connectivity index (χ3n) is 4.82. The van der Waals surface area contributed by atoms with E-state index in [9.17, 15) is 13.2 Å². The Kier molecular flexibility index (Phi) is 7.09. The van der Waals surface area contributed by atoms with E-state index in [-0.39, 0.29) is 10.8 Å². The Morgan fingerprint density at radius 1 is 1.03 bits per heavy atom. The first-order valence-electron chi connectivity index (χ1n) is 10.2. The minimum atomic E-state index is -3.65. The van der Waals surface area contributed by atoms with Gasteiger partial charge in [-0.25, -0.2) is 13.1 Å². The van der Waals surface area contributed by atoms with Crippen molar-refractivity contribution in [2.45, 2.75) is 25.7 Å². The minimum Gasteiger partial charge on any atom is -0.384 e. The summed E-state index contributed by atoms with van der Waals surface area (Å²) in [4.78, 5) is 13.0. The Labute approximate surface area is 182 Å². The Balaban J connectivity index is 1.91. The fraction of sp³-hybridized carbons (Fsp3) is 0.273. The van der Waals surface area contributed by atoms with Gasteiger partial charge >= 0.3 is 0 Å². The lowest BCUT2D eigenvalue weighted by atomic mass is 10.2. The Bertz CT molecular complexity index is 1140.